The molecule has 1 amide bonds. The number of hydrogen-bond donors (Lipinski definition) is 1. The molecule has 2 aliphatic rings. The summed E-state index contributed by atoms with van der Waals surface area (Å²) >= 11 is 0. The van der Waals surface area contributed by atoms with Gasteiger partial charge in [0.25, 0.3) is 0 Å². The Labute approximate surface area is 172 Å². The van der Waals surface area contributed by atoms with E-state index in [1.54, 1.807) is 12.1 Å². The van der Waals surface area contributed by atoms with E-state index in [-0.39, 0.29) is 41.4 Å². The fraction of sp³-hybridized carbons (Fsp3) is 0.619. The Morgan fingerprint density at radius 1 is 1.07 bits per heavy atom. The maximum atomic E-state index is 13.1. The second kappa shape index (κ2) is 9.26. The molecule has 0 unspecified atom stereocenters. The molecule has 1 heterocycles. The van der Waals surface area contributed by atoms with Gasteiger partial charge in [-0.2, -0.15) is 4.31 Å². The summed E-state index contributed by atoms with van der Waals surface area (Å²) in [5, 5.41) is 3.19. The molecule has 1 saturated carbocycles. The van der Waals surface area contributed by atoms with Crippen LogP contribution in [0.4, 0.5) is 0 Å². The van der Waals surface area contributed by atoms with E-state index in [9.17, 15) is 18.0 Å². The zero-order valence-electron chi connectivity index (χ0n) is 17.1. The highest BCUT2D eigenvalue weighted by Crippen LogP contribution is 2.28. The van der Waals surface area contributed by atoms with Gasteiger partial charge in [0.05, 0.1) is 17.6 Å². The quantitative estimate of drug-likeness (QED) is 0.736. The number of nitrogens with zero attached hydrogens (tertiary/aromatic N) is 1. The summed E-state index contributed by atoms with van der Waals surface area (Å²) in [4.78, 5) is 24.6. The van der Waals surface area contributed by atoms with Crippen molar-refractivity contribution >= 4 is 21.9 Å². The highest BCUT2D eigenvalue weighted by Gasteiger charge is 2.35. The minimum absolute atomic E-state index is 0.0288. The number of hydrogen-bond acceptors (Lipinski definition) is 5. The van der Waals surface area contributed by atoms with Crippen molar-refractivity contribution < 1.29 is 22.7 Å². The number of benzene rings is 1. The summed E-state index contributed by atoms with van der Waals surface area (Å²) < 4.78 is 32.2. The van der Waals surface area contributed by atoms with Crippen molar-refractivity contribution in [1.82, 2.24) is 9.62 Å². The topological polar surface area (TPSA) is 92.8 Å². The Morgan fingerprint density at radius 3 is 2.38 bits per heavy atom. The highest BCUT2D eigenvalue weighted by atomic mass is 32.2. The van der Waals surface area contributed by atoms with Gasteiger partial charge in [-0.25, -0.2) is 13.2 Å². The summed E-state index contributed by atoms with van der Waals surface area (Å²) in [5.74, 6) is -0.329. The van der Waals surface area contributed by atoms with E-state index >= 15 is 0 Å². The van der Waals surface area contributed by atoms with Gasteiger partial charge in [0, 0.05) is 25.0 Å². The van der Waals surface area contributed by atoms with Gasteiger partial charge in [-0.1, -0.05) is 31.9 Å². The average molecular weight is 423 g/mol. The second-order valence-electron chi connectivity index (χ2n) is 8.04. The summed E-state index contributed by atoms with van der Waals surface area (Å²) in [6.45, 7) is 2.70. The Morgan fingerprint density at radius 2 is 1.72 bits per heavy atom. The molecule has 2 fully saturated rings. The number of piperidine rings is 1. The van der Waals surface area contributed by atoms with Gasteiger partial charge in [-0.15, -0.1) is 0 Å². The largest absolute Gasteiger partial charge is 0.465 e. The van der Waals surface area contributed by atoms with Crippen molar-refractivity contribution in [2.45, 2.75) is 56.4 Å². The molecule has 0 radical (unpaired) electrons. The first kappa shape index (κ1) is 21.8. The number of carbonyl (C=O) groups is 2. The van der Waals surface area contributed by atoms with E-state index in [4.69, 9.17) is 4.74 Å². The molecule has 7 nitrogen and oxygen atoms in total. The maximum Gasteiger partial charge on any atom is 0.339 e. The van der Waals surface area contributed by atoms with Crippen molar-refractivity contribution in [2.24, 2.45) is 11.8 Å². The average Bonchev–Trinajstić information content (AvgIpc) is 2.74. The summed E-state index contributed by atoms with van der Waals surface area (Å²) in [6, 6.07) is 6.29. The lowest BCUT2D eigenvalue weighted by Gasteiger charge is -2.34. The van der Waals surface area contributed by atoms with E-state index in [1.807, 2.05) is 0 Å². The third-order valence-electron chi connectivity index (χ3n) is 6.17. The first-order chi connectivity index (χ1) is 13.8. The Hall–Kier alpha value is -1.93. The third-order valence-corrected chi connectivity index (χ3v) is 8.13. The summed E-state index contributed by atoms with van der Waals surface area (Å²) in [5.41, 5.74) is 0.0288. The molecule has 2 atom stereocenters. The molecular weight excluding hydrogens is 392 g/mol. The monoisotopic (exact) mass is 422 g/mol. The van der Waals surface area contributed by atoms with Crippen LogP contribution in [0.2, 0.25) is 0 Å². The van der Waals surface area contributed by atoms with E-state index in [2.05, 4.69) is 12.2 Å². The van der Waals surface area contributed by atoms with Crippen LogP contribution < -0.4 is 5.32 Å². The Bertz CT molecular complexity index is 846. The molecule has 1 saturated heterocycles. The molecule has 0 bridgehead atoms. The van der Waals surface area contributed by atoms with Crippen LogP contribution in [0, 0.1) is 11.8 Å². The number of nitrogens with one attached hydrogen (secondary N) is 1. The number of carbonyl (C=O) groups excluding carboxylic acids is 2. The molecule has 1 aliphatic carbocycles. The smallest absolute Gasteiger partial charge is 0.339 e. The van der Waals surface area contributed by atoms with Crippen molar-refractivity contribution in [1.29, 1.82) is 0 Å². The Balaban J connectivity index is 1.64. The molecule has 1 aromatic rings. The van der Waals surface area contributed by atoms with Crippen LogP contribution in [-0.4, -0.2) is 50.8 Å². The van der Waals surface area contributed by atoms with Gasteiger partial charge in [0.15, 0.2) is 0 Å². The summed E-state index contributed by atoms with van der Waals surface area (Å²) in [6.07, 6.45) is 5.48. The number of rotatable bonds is 5. The molecule has 8 heteroatoms. The number of sulfonamides is 1. The van der Waals surface area contributed by atoms with Crippen LogP contribution in [-0.2, 0) is 19.6 Å². The number of ether oxygens (including phenoxy) is 1. The summed E-state index contributed by atoms with van der Waals surface area (Å²) in [7, 11) is -2.61. The molecular formula is C21H30N2O5S. The van der Waals surface area contributed by atoms with Gasteiger partial charge in [0.1, 0.15) is 0 Å². The fourth-order valence-electron chi connectivity index (χ4n) is 4.30. The van der Waals surface area contributed by atoms with E-state index in [1.165, 1.54) is 30.0 Å². The normalized spacial score (nSPS) is 24.1. The lowest BCUT2D eigenvalue weighted by Crippen LogP contribution is -2.47. The number of amides is 1. The van der Waals surface area contributed by atoms with Crippen LogP contribution >= 0.6 is 0 Å². The molecule has 1 aromatic carbocycles. The zero-order chi connectivity index (χ0) is 21.0. The van der Waals surface area contributed by atoms with Gasteiger partial charge in [-0.3, -0.25) is 4.79 Å². The first-order valence-electron chi connectivity index (χ1n) is 10.3. The third kappa shape index (κ3) is 4.80. The molecule has 3 rings (SSSR count). The second-order valence-corrected chi connectivity index (χ2v) is 9.95. The van der Waals surface area contributed by atoms with Crippen molar-refractivity contribution in [3.05, 3.63) is 29.8 Å². The van der Waals surface area contributed by atoms with Gasteiger partial charge in [-0.05, 0) is 43.7 Å². The molecule has 1 N–H and O–H groups in total. The maximum absolute atomic E-state index is 13.1. The SMILES string of the molecule is COC(=O)c1ccccc1S(=O)(=O)N1CCC(C(=O)N[C@H]2CCCC[C@@H]2C)CC1. The molecule has 0 aromatic heterocycles. The highest BCUT2D eigenvalue weighted by molar-refractivity contribution is 7.89. The van der Waals surface area contributed by atoms with Crippen molar-refractivity contribution in [3.8, 4) is 0 Å². The van der Waals surface area contributed by atoms with Crippen molar-refractivity contribution in [3.63, 3.8) is 0 Å². The van der Waals surface area contributed by atoms with E-state index in [0.717, 1.165) is 19.3 Å². The van der Waals surface area contributed by atoms with Crippen molar-refractivity contribution in [2.75, 3.05) is 20.2 Å². The van der Waals surface area contributed by atoms with Gasteiger partial charge < -0.3 is 10.1 Å². The van der Waals surface area contributed by atoms with Gasteiger partial charge >= 0.3 is 5.97 Å². The zero-order valence-corrected chi connectivity index (χ0v) is 17.9. The van der Waals surface area contributed by atoms with Crippen LogP contribution in [0.3, 0.4) is 0 Å². The first-order valence-corrected chi connectivity index (χ1v) is 11.8. The molecule has 1 aliphatic heterocycles. The molecule has 29 heavy (non-hydrogen) atoms. The van der Waals surface area contributed by atoms with E-state index in [0.29, 0.717) is 18.8 Å². The fourth-order valence-corrected chi connectivity index (χ4v) is 5.95. The molecule has 160 valence electrons. The minimum Gasteiger partial charge on any atom is -0.465 e. The standard InChI is InChI=1S/C21H30N2O5S/c1-15-7-3-5-9-18(15)22-20(24)16-11-13-23(14-12-16)29(26,27)19-10-6-4-8-17(19)21(25)28-2/h4,6,8,10,15-16,18H,3,5,7,9,11-14H2,1-2H3,(H,22,24)/t15-,18-/m0/s1. The van der Waals surface area contributed by atoms with Gasteiger partial charge in [0.2, 0.25) is 15.9 Å². The van der Waals surface area contributed by atoms with Crippen LogP contribution in [0.15, 0.2) is 29.2 Å². The molecule has 0 spiro atoms. The lowest BCUT2D eigenvalue weighted by atomic mass is 9.85. The number of esters is 1. The van der Waals surface area contributed by atoms with Crippen LogP contribution in [0.1, 0.15) is 55.8 Å². The minimum atomic E-state index is -3.83. The predicted molar refractivity (Wildman–Crippen MR) is 109 cm³/mol. The predicted octanol–water partition coefficient (Wildman–Crippen LogP) is 2.57. The Kier molecular flexibility index (Phi) is 6.95. The number of methoxy groups -OCH3 is 1. The lowest BCUT2D eigenvalue weighted by molar-refractivity contribution is -0.127. The van der Waals surface area contributed by atoms with Crippen LogP contribution in [0.25, 0.3) is 0 Å². The van der Waals surface area contributed by atoms with E-state index < -0.39 is 16.0 Å². The van der Waals surface area contributed by atoms with Crippen LogP contribution in [0.5, 0.6) is 0 Å².